The first-order chi connectivity index (χ1) is 12.0. The summed E-state index contributed by atoms with van der Waals surface area (Å²) in [6, 6.07) is 8.16. The van der Waals surface area contributed by atoms with Crippen LogP contribution in [0.15, 0.2) is 34.2 Å². The fourth-order valence-electron chi connectivity index (χ4n) is 3.13. The van der Waals surface area contributed by atoms with Gasteiger partial charge in [-0.15, -0.1) is 0 Å². The number of carbonyl (C=O) groups is 1. The van der Waals surface area contributed by atoms with E-state index < -0.39 is 0 Å². The van der Waals surface area contributed by atoms with Gasteiger partial charge in [-0.3, -0.25) is 9.59 Å². The SMILES string of the molecule is CCCSc1nc(=O)c2c(n1C)NC(=O)CC2c1ccc(CC)cc1. The summed E-state index contributed by atoms with van der Waals surface area (Å²) in [6.07, 6.45) is 2.23. The monoisotopic (exact) mass is 357 g/mol. The molecule has 1 aromatic heterocycles. The second kappa shape index (κ2) is 7.44. The van der Waals surface area contributed by atoms with Gasteiger partial charge in [0.15, 0.2) is 5.16 Å². The third-order valence-corrected chi connectivity index (χ3v) is 5.76. The molecule has 1 N–H and O–H groups in total. The van der Waals surface area contributed by atoms with Gasteiger partial charge < -0.3 is 9.88 Å². The van der Waals surface area contributed by atoms with Crippen LogP contribution in [-0.2, 0) is 18.3 Å². The smallest absolute Gasteiger partial charge is 0.279 e. The highest BCUT2D eigenvalue weighted by Crippen LogP contribution is 2.35. The molecule has 0 spiro atoms. The van der Waals surface area contributed by atoms with Crippen LogP contribution in [0.1, 0.15) is 49.3 Å². The lowest BCUT2D eigenvalue weighted by molar-refractivity contribution is -0.116. The van der Waals surface area contributed by atoms with Crippen molar-refractivity contribution in [2.45, 2.75) is 44.2 Å². The van der Waals surface area contributed by atoms with E-state index in [1.54, 1.807) is 0 Å². The van der Waals surface area contributed by atoms with Gasteiger partial charge in [0.1, 0.15) is 5.82 Å². The summed E-state index contributed by atoms with van der Waals surface area (Å²) in [5, 5.41) is 3.52. The van der Waals surface area contributed by atoms with E-state index in [0.717, 1.165) is 24.2 Å². The minimum atomic E-state index is -0.244. The quantitative estimate of drug-likeness (QED) is 0.659. The van der Waals surface area contributed by atoms with Crippen LogP contribution < -0.4 is 10.9 Å². The maximum atomic E-state index is 12.7. The van der Waals surface area contributed by atoms with Crippen LogP contribution in [0.4, 0.5) is 5.82 Å². The standard InChI is InChI=1S/C19H23N3O2S/c1-4-10-25-19-21-18(24)16-14(11-15(23)20-17(16)22(19)3)13-8-6-12(5-2)7-9-13/h6-9,14H,4-5,10-11H2,1-3H3,(H,20,23). The zero-order valence-corrected chi connectivity index (χ0v) is 15.7. The Morgan fingerprint density at radius 3 is 2.60 bits per heavy atom. The van der Waals surface area contributed by atoms with Crippen LogP contribution in [-0.4, -0.2) is 21.2 Å². The fraction of sp³-hybridized carbons (Fsp3) is 0.421. The number of hydrogen-bond acceptors (Lipinski definition) is 4. The van der Waals surface area contributed by atoms with E-state index in [4.69, 9.17) is 0 Å². The van der Waals surface area contributed by atoms with Crippen molar-refractivity contribution >= 4 is 23.5 Å². The number of anilines is 1. The summed E-state index contributed by atoms with van der Waals surface area (Å²) in [5.74, 6) is 1.16. The van der Waals surface area contributed by atoms with Crippen LogP contribution in [0.25, 0.3) is 0 Å². The fourth-order valence-corrected chi connectivity index (χ4v) is 3.95. The molecule has 1 aliphatic rings. The predicted octanol–water partition coefficient (Wildman–Crippen LogP) is 3.32. The van der Waals surface area contributed by atoms with E-state index >= 15 is 0 Å². The minimum absolute atomic E-state index is 0.0651. The highest BCUT2D eigenvalue weighted by atomic mass is 32.2. The van der Waals surface area contributed by atoms with Crippen LogP contribution in [0, 0.1) is 0 Å². The van der Waals surface area contributed by atoms with Gasteiger partial charge in [0, 0.05) is 25.1 Å². The van der Waals surface area contributed by atoms with E-state index in [1.165, 1.54) is 17.3 Å². The predicted molar refractivity (Wildman–Crippen MR) is 101 cm³/mol. The van der Waals surface area contributed by atoms with Crippen LogP contribution >= 0.6 is 11.8 Å². The number of nitrogens with one attached hydrogen (secondary N) is 1. The van der Waals surface area contributed by atoms with E-state index in [2.05, 4.69) is 36.3 Å². The molecule has 1 amide bonds. The molecule has 1 unspecified atom stereocenters. The number of amides is 1. The third-order valence-electron chi connectivity index (χ3n) is 4.53. The second-order valence-corrected chi connectivity index (χ2v) is 7.33. The van der Waals surface area contributed by atoms with Crippen molar-refractivity contribution in [2.75, 3.05) is 11.1 Å². The molecule has 25 heavy (non-hydrogen) atoms. The molecule has 0 aliphatic carbocycles. The summed E-state index contributed by atoms with van der Waals surface area (Å²) in [6.45, 7) is 4.19. The molecule has 6 heteroatoms. The van der Waals surface area contributed by atoms with Gasteiger partial charge in [0.25, 0.3) is 5.56 Å². The lowest BCUT2D eigenvalue weighted by atomic mass is 9.86. The van der Waals surface area contributed by atoms with Gasteiger partial charge >= 0.3 is 0 Å². The lowest BCUT2D eigenvalue weighted by Crippen LogP contribution is -2.33. The van der Waals surface area contributed by atoms with Gasteiger partial charge in [-0.05, 0) is 24.0 Å². The number of fused-ring (bicyclic) bond motifs is 1. The number of carbonyl (C=O) groups excluding carboxylic acids is 1. The third kappa shape index (κ3) is 3.49. The van der Waals surface area contributed by atoms with Crippen LogP contribution in [0.3, 0.4) is 0 Å². The van der Waals surface area contributed by atoms with Crippen LogP contribution in [0.2, 0.25) is 0 Å². The Labute approximate surface area is 151 Å². The van der Waals surface area contributed by atoms with E-state index in [9.17, 15) is 9.59 Å². The Bertz CT molecular complexity index is 843. The van der Waals surface area contributed by atoms with Gasteiger partial charge in [0.05, 0.1) is 5.56 Å². The van der Waals surface area contributed by atoms with Crippen molar-refractivity contribution in [1.29, 1.82) is 0 Å². The molecule has 2 heterocycles. The van der Waals surface area contributed by atoms with Crippen molar-refractivity contribution in [1.82, 2.24) is 9.55 Å². The van der Waals surface area contributed by atoms with Crippen molar-refractivity contribution < 1.29 is 4.79 Å². The average molecular weight is 357 g/mol. The lowest BCUT2D eigenvalue weighted by Gasteiger charge is -2.27. The summed E-state index contributed by atoms with van der Waals surface area (Å²) < 4.78 is 1.83. The van der Waals surface area contributed by atoms with Crippen molar-refractivity contribution in [3.8, 4) is 0 Å². The number of aryl methyl sites for hydroxylation is 1. The van der Waals surface area contributed by atoms with E-state index in [-0.39, 0.29) is 23.8 Å². The highest BCUT2D eigenvalue weighted by Gasteiger charge is 2.31. The molecule has 3 rings (SSSR count). The number of benzene rings is 1. The molecule has 1 aliphatic heterocycles. The Morgan fingerprint density at radius 1 is 1.24 bits per heavy atom. The summed E-state index contributed by atoms with van der Waals surface area (Å²) in [5.41, 5.74) is 2.58. The summed E-state index contributed by atoms with van der Waals surface area (Å²) in [4.78, 5) is 29.3. The van der Waals surface area contributed by atoms with E-state index in [1.807, 2.05) is 23.7 Å². The maximum absolute atomic E-state index is 12.7. The zero-order chi connectivity index (χ0) is 18.0. The van der Waals surface area contributed by atoms with Gasteiger partial charge in [0.2, 0.25) is 5.91 Å². The Morgan fingerprint density at radius 2 is 1.96 bits per heavy atom. The Kier molecular flexibility index (Phi) is 5.27. The molecule has 0 saturated heterocycles. The number of nitrogens with zero attached hydrogens (tertiary/aromatic N) is 2. The summed E-state index contributed by atoms with van der Waals surface area (Å²) >= 11 is 1.54. The largest absolute Gasteiger partial charge is 0.312 e. The molecule has 1 aromatic carbocycles. The van der Waals surface area contributed by atoms with Crippen molar-refractivity contribution in [3.05, 3.63) is 51.3 Å². The molecule has 0 radical (unpaired) electrons. The topological polar surface area (TPSA) is 64.0 Å². The maximum Gasteiger partial charge on any atom is 0.279 e. The number of hydrogen-bond donors (Lipinski definition) is 1. The molecule has 1 atom stereocenters. The summed E-state index contributed by atoms with van der Waals surface area (Å²) in [7, 11) is 1.85. The van der Waals surface area contributed by atoms with Crippen LogP contribution in [0.5, 0.6) is 0 Å². The molecule has 0 saturated carbocycles. The van der Waals surface area contributed by atoms with Crippen molar-refractivity contribution in [2.24, 2.45) is 7.05 Å². The Balaban J connectivity index is 2.09. The molecule has 0 fully saturated rings. The number of thioether (sulfide) groups is 1. The first-order valence-electron chi connectivity index (χ1n) is 8.67. The van der Waals surface area contributed by atoms with Gasteiger partial charge in [-0.1, -0.05) is 49.9 Å². The molecular formula is C19H23N3O2S. The van der Waals surface area contributed by atoms with Gasteiger partial charge in [-0.25, -0.2) is 0 Å². The zero-order valence-electron chi connectivity index (χ0n) is 14.8. The second-order valence-electron chi connectivity index (χ2n) is 6.27. The Hall–Kier alpha value is -2.08. The number of rotatable bonds is 5. The molecule has 0 bridgehead atoms. The normalized spacial score (nSPS) is 16.4. The average Bonchev–Trinajstić information content (AvgIpc) is 2.62. The number of aromatic nitrogens is 2. The first kappa shape index (κ1) is 17.7. The molecule has 132 valence electrons. The highest BCUT2D eigenvalue weighted by molar-refractivity contribution is 7.99. The molecule has 2 aromatic rings. The molecule has 5 nitrogen and oxygen atoms in total. The van der Waals surface area contributed by atoms with Gasteiger partial charge in [-0.2, -0.15) is 4.98 Å². The van der Waals surface area contributed by atoms with E-state index in [0.29, 0.717) is 16.5 Å². The minimum Gasteiger partial charge on any atom is -0.312 e. The van der Waals surface area contributed by atoms with Crippen molar-refractivity contribution in [3.63, 3.8) is 0 Å². The first-order valence-corrected chi connectivity index (χ1v) is 9.66. The molecular weight excluding hydrogens is 334 g/mol.